The fourth-order valence-corrected chi connectivity index (χ4v) is 1.78. The molecule has 1 rings (SSSR count). The second-order valence-corrected chi connectivity index (χ2v) is 3.72. The predicted octanol–water partition coefficient (Wildman–Crippen LogP) is 0.284. The minimum atomic E-state index is -0.387. The van der Waals surface area contributed by atoms with Gasteiger partial charge < -0.3 is 25.6 Å². The van der Waals surface area contributed by atoms with Crippen LogP contribution in [0.5, 0.6) is 11.5 Å². The first-order chi connectivity index (χ1) is 8.17. The van der Waals surface area contributed by atoms with Crippen molar-refractivity contribution in [1.82, 2.24) is 5.32 Å². The van der Waals surface area contributed by atoms with Crippen LogP contribution in [-0.4, -0.2) is 39.0 Å². The van der Waals surface area contributed by atoms with Gasteiger partial charge in [-0.05, 0) is 13.1 Å². The summed E-state index contributed by atoms with van der Waals surface area (Å²) in [4.78, 5) is 0. The van der Waals surface area contributed by atoms with Crippen LogP contribution >= 0.6 is 0 Å². The maximum atomic E-state index is 9.13. The van der Waals surface area contributed by atoms with Crippen molar-refractivity contribution < 1.29 is 14.6 Å². The highest BCUT2D eigenvalue weighted by atomic mass is 16.5. The Hall–Kier alpha value is -1.30. The average Bonchev–Trinajstić information content (AvgIpc) is 2.39. The Labute approximate surface area is 102 Å². The van der Waals surface area contributed by atoms with E-state index in [2.05, 4.69) is 5.32 Å². The van der Waals surface area contributed by atoms with Gasteiger partial charge in [0.2, 0.25) is 0 Å². The fourth-order valence-electron chi connectivity index (χ4n) is 1.78. The van der Waals surface area contributed by atoms with E-state index >= 15 is 0 Å². The number of nitrogens with two attached hydrogens (primary N) is 1. The zero-order valence-corrected chi connectivity index (χ0v) is 10.4. The van der Waals surface area contributed by atoms with E-state index in [9.17, 15) is 0 Å². The van der Waals surface area contributed by atoms with Gasteiger partial charge in [-0.15, -0.1) is 0 Å². The van der Waals surface area contributed by atoms with E-state index in [0.29, 0.717) is 5.75 Å². The molecule has 0 amide bonds. The Morgan fingerprint density at radius 3 is 2.53 bits per heavy atom. The molecule has 2 atom stereocenters. The van der Waals surface area contributed by atoms with Crippen LogP contribution in [0.1, 0.15) is 11.6 Å². The number of likely N-dealkylation sites (N-methyl/N-ethyl adjacent to an activating group) is 1. The predicted molar refractivity (Wildman–Crippen MR) is 66.4 cm³/mol. The van der Waals surface area contributed by atoms with Gasteiger partial charge in [-0.1, -0.05) is 6.07 Å². The summed E-state index contributed by atoms with van der Waals surface area (Å²) in [5.41, 5.74) is 6.75. The van der Waals surface area contributed by atoms with Gasteiger partial charge in [-0.2, -0.15) is 0 Å². The third-order valence-electron chi connectivity index (χ3n) is 2.73. The molecule has 0 aliphatic carbocycles. The Balaban J connectivity index is 3.10. The largest absolute Gasteiger partial charge is 0.497 e. The SMILES string of the molecule is CNC(c1ccc(OC)cc1OC)C(N)CO. The van der Waals surface area contributed by atoms with Crippen LogP contribution in [0.25, 0.3) is 0 Å². The van der Waals surface area contributed by atoms with Gasteiger partial charge in [-0.3, -0.25) is 0 Å². The van der Waals surface area contributed by atoms with Crippen molar-refractivity contribution in [3.8, 4) is 11.5 Å². The Bertz CT molecular complexity index is 358. The molecule has 0 aromatic heterocycles. The van der Waals surface area contributed by atoms with Gasteiger partial charge in [0.05, 0.1) is 26.9 Å². The minimum Gasteiger partial charge on any atom is -0.497 e. The lowest BCUT2D eigenvalue weighted by Crippen LogP contribution is -2.39. The lowest BCUT2D eigenvalue weighted by atomic mass is 9.99. The maximum Gasteiger partial charge on any atom is 0.127 e. The molecule has 4 N–H and O–H groups in total. The molecule has 0 saturated heterocycles. The number of benzene rings is 1. The van der Waals surface area contributed by atoms with Crippen molar-refractivity contribution in [3.05, 3.63) is 23.8 Å². The number of aliphatic hydroxyl groups excluding tert-OH is 1. The van der Waals surface area contributed by atoms with E-state index in [-0.39, 0.29) is 18.7 Å². The summed E-state index contributed by atoms with van der Waals surface area (Å²) in [5, 5.41) is 12.2. The topological polar surface area (TPSA) is 76.7 Å². The van der Waals surface area contributed by atoms with E-state index in [1.165, 1.54) is 0 Å². The normalized spacial score (nSPS) is 14.2. The molecule has 0 aliphatic rings. The average molecular weight is 240 g/mol. The molecule has 0 bridgehead atoms. The molecular weight excluding hydrogens is 220 g/mol. The molecule has 0 fully saturated rings. The van der Waals surface area contributed by atoms with Crippen molar-refractivity contribution in [2.24, 2.45) is 5.73 Å². The first-order valence-corrected chi connectivity index (χ1v) is 5.43. The van der Waals surface area contributed by atoms with Crippen LogP contribution in [0.3, 0.4) is 0 Å². The molecule has 0 radical (unpaired) electrons. The summed E-state index contributed by atoms with van der Waals surface area (Å²) in [5.74, 6) is 1.41. The quantitative estimate of drug-likeness (QED) is 0.666. The number of hydrogen-bond acceptors (Lipinski definition) is 5. The number of nitrogens with one attached hydrogen (secondary N) is 1. The van der Waals surface area contributed by atoms with Crippen LogP contribution in [0, 0.1) is 0 Å². The van der Waals surface area contributed by atoms with Gasteiger partial charge in [0.15, 0.2) is 0 Å². The summed E-state index contributed by atoms with van der Waals surface area (Å²) in [6, 6.07) is 4.97. The van der Waals surface area contributed by atoms with Gasteiger partial charge in [0.1, 0.15) is 11.5 Å². The van der Waals surface area contributed by atoms with Crippen molar-refractivity contribution in [3.63, 3.8) is 0 Å². The Kier molecular flexibility index (Phi) is 5.21. The van der Waals surface area contributed by atoms with Crippen LogP contribution < -0.4 is 20.5 Å². The van der Waals surface area contributed by atoms with Gasteiger partial charge in [-0.25, -0.2) is 0 Å². The van der Waals surface area contributed by atoms with E-state index in [0.717, 1.165) is 11.3 Å². The first kappa shape index (κ1) is 13.8. The van der Waals surface area contributed by atoms with E-state index in [1.54, 1.807) is 27.3 Å². The fraction of sp³-hybridized carbons (Fsp3) is 0.500. The van der Waals surface area contributed by atoms with Crippen molar-refractivity contribution in [1.29, 1.82) is 0 Å². The summed E-state index contributed by atoms with van der Waals surface area (Å²) in [6.07, 6.45) is 0. The second kappa shape index (κ2) is 6.44. The van der Waals surface area contributed by atoms with E-state index < -0.39 is 0 Å². The molecule has 1 aromatic carbocycles. The Morgan fingerprint density at radius 2 is 2.06 bits per heavy atom. The molecule has 2 unspecified atom stereocenters. The molecule has 0 aliphatic heterocycles. The molecule has 0 saturated carbocycles. The molecule has 96 valence electrons. The van der Waals surface area contributed by atoms with Crippen molar-refractivity contribution in [2.75, 3.05) is 27.9 Å². The highest BCUT2D eigenvalue weighted by Crippen LogP contribution is 2.30. The second-order valence-electron chi connectivity index (χ2n) is 3.72. The van der Waals surface area contributed by atoms with Crippen LogP contribution in [-0.2, 0) is 0 Å². The summed E-state index contributed by atoms with van der Waals surface area (Å²) in [7, 11) is 4.99. The van der Waals surface area contributed by atoms with Crippen molar-refractivity contribution >= 4 is 0 Å². The third kappa shape index (κ3) is 3.09. The number of rotatable bonds is 6. The van der Waals surface area contributed by atoms with E-state index in [1.807, 2.05) is 12.1 Å². The molecule has 1 aromatic rings. The smallest absolute Gasteiger partial charge is 0.127 e. The molecule has 5 heteroatoms. The highest BCUT2D eigenvalue weighted by molar-refractivity contribution is 5.43. The molecule has 5 nitrogen and oxygen atoms in total. The standard InChI is InChI=1S/C12H20N2O3/c1-14-12(10(13)7-15)9-5-4-8(16-2)6-11(9)17-3/h4-6,10,12,14-15H,7,13H2,1-3H3. The van der Waals surface area contributed by atoms with Gasteiger partial charge in [0, 0.05) is 17.7 Å². The Morgan fingerprint density at radius 1 is 1.35 bits per heavy atom. The molecule has 0 spiro atoms. The highest BCUT2D eigenvalue weighted by Gasteiger charge is 2.21. The molecular formula is C12H20N2O3. The minimum absolute atomic E-state index is 0.0965. The number of aliphatic hydroxyl groups is 1. The van der Waals surface area contributed by atoms with E-state index in [4.69, 9.17) is 20.3 Å². The summed E-state index contributed by atoms with van der Waals surface area (Å²) < 4.78 is 10.4. The van der Waals surface area contributed by atoms with Crippen molar-refractivity contribution in [2.45, 2.75) is 12.1 Å². The zero-order chi connectivity index (χ0) is 12.8. The molecule has 17 heavy (non-hydrogen) atoms. The number of ether oxygens (including phenoxy) is 2. The summed E-state index contributed by atoms with van der Waals surface area (Å²) >= 11 is 0. The monoisotopic (exact) mass is 240 g/mol. The zero-order valence-electron chi connectivity index (χ0n) is 10.4. The van der Waals surface area contributed by atoms with Crippen LogP contribution in [0.4, 0.5) is 0 Å². The molecule has 0 heterocycles. The van der Waals surface area contributed by atoms with Gasteiger partial charge >= 0.3 is 0 Å². The number of methoxy groups -OCH3 is 2. The summed E-state index contributed by atoms with van der Waals surface area (Å²) in [6.45, 7) is -0.0965. The van der Waals surface area contributed by atoms with Crippen LogP contribution in [0.2, 0.25) is 0 Å². The van der Waals surface area contributed by atoms with Crippen LogP contribution in [0.15, 0.2) is 18.2 Å². The first-order valence-electron chi connectivity index (χ1n) is 5.43. The van der Waals surface area contributed by atoms with Gasteiger partial charge in [0.25, 0.3) is 0 Å². The lowest BCUT2D eigenvalue weighted by Gasteiger charge is -2.24. The maximum absolute atomic E-state index is 9.13. The lowest BCUT2D eigenvalue weighted by molar-refractivity contribution is 0.238. The number of hydrogen-bond donors (Lipinski definition) is 3. The third-order valence-corrected chi connectivity index (χ3v) is 2.73.